The fourth-order valence-electron chi connectivity index (χ4n) is 2.27. The molecule has 0 radical (unpaired) electrons. The van der Waals surface area contributed by atoms with Crippen LogP contribution in [0.15, 0.2) is 29.2 Å². The quantitative estimate of drug-likeness (QED) is 0.647. The summed E-state index contributed by atoms with van der Waals surface area (Å²) >= 11 is 0. The summed E-state index contributed by atoms with van der Waals surface area (Å²) in [6.45, 7) is 2.73. The van der Waals surface area contributed by atoms with Crippen molar-refractivity contribution in [3.63, 3.8) is 0 Å². The Balaban J connectivity index is 2.24. The first kappa shape index (κ1) is 14.0. The summed E-state index contributed by atoms with van der Waals surface area (Å²) in [7, 11) is -3.46. The molecule has 2 rings (SSSR count). The lowest BCUT2D eigenvalue weighted by atomic mass is 9.99. The van der Waals surface area contributed by atoms with Crippen LogP contribution in [0.4, 0.5) is 0 Å². The van der Waals surface area contributed by atoms with Crippen LogP contribution in [0.2, 0.25) is 0 Å². The predicted molar refractivity (Wildman–Crippen MR) is 74.6 cm³/mol. The van der Waals surface area contributed by atoms with E-state index in [1.165, 1.54) is 4.31 Å². The summed E-state index contributed by atoms with van der Waals surface area (Å²) in [5.74, 6) is -0.0854. The number of nitrogens with one attached hydrogen (secondary N) is 1. The van der Waals surface area contributed by atoms with E-state index in [1.54, 1.807) is 24.3 Å². The first-order valence-corrected chi connectivity index (χ1v) is 7.76. The average molecular weight is 281 g/mol. The van der Waals surface area contributed by atoms with Crippen molar-refractivity contribution < 1.29 is 8.42 Å². The van der Waals surface area contributed by atoms with Gasteiger partial charge in [-0.2, -0.15) is 4.31 Å². The zero-order chi connectivity index (χ0) is 14.0. The molecule has 1 atom stereocenters. The van der Waals surface area contributed by atoms with Crippen molar-refractivity contribution in [3.8, 4) is 0 Å². The molecular weight excluding hydrogens is 262 g/mol. The van der Waals surface area contributed by atoms with Crippen molar-refractivity contribution in [3.05, 3.63) is 29.8 Å². The van der Waals surface area contributed by atoms with Crippen LogP contribution in [0.5, 0.6) is 0 Å². The van der Waals surface area contributed by atoms with Gasteiger partial charge in [0.25, 0.3) is 0 Å². The Labute approximate surface area is 114 Å². The lowest BCUT2D eigenvalue weighted by Crippen LogP contribution is -2.43. The Morgan fingerprint density at radius 2 is 2.00 bits per heavy atom. The van der Waals surface area contributed by atoms with E-state index in [1.807, 2.05) is 6.92 Å². The molecule has 1 aromatic carbocycles. The molecule has 0 unspecified atom stereocenters. The molecule has 0 aliphatic carbocycles. The Morgan fingerprint density at radius 3 is 2.58 bits per heavy atom. The molecule has 3 N–H and O–H groups in total. The molecule has 1 aromatic rings. The van der Waals surface area contributed by atoms with E-state index in [4.69, 9.17) is 11.1 Å². The zero-order valence-corrected chi connectivity index (χ0v) is 11.8. The second kappa shape index (κ2) is 5.30. The number of piperidine rings is 1. The fourth-order valence-corrected chi connectivity index (χ4v) is 3.80. The van der Waals surface area contributed by atoms with Gasteiger partial charge in [-0.1, -0.05) is 17.7 Å². The molecule has 104 valence electrons. The number of benzene rings is 1. The van der Waals surface area contributed by atoms with Crippen LogP contribution >= 0.6 is 0 Å². The number of rotatable bonds is 3. The maximum atomic E-state index is 12.5. The molecule has 6 heteroatoms. The molecule has 1 aliphatic heterocycles. The predicted octanol–water partition coefficient (Wildman–Crippen LogP) is 1.33. The highest BCUT2D eigenvalue weighted by Crippen LogP contribution is 2.23. The van der Waals surface area contributed by atoms with Gasteiger partial charge in [0.15, 0.2) is 0 Å². The van der Waals surface area contributed by atoms with Gasteiger partial charge in [0.2, 0.25) is 10.0 Å². The van der Waals surface area contributed by atoms with Crippen LogP contribution in [-0.4, -0.2) is 31.6 Å². The molecule has 1 fully saturated rings. The van der Waals surface area contributed by atoms with Gasteiger partial charge in [0, 0.05) is 19.0 Å². The minimum atomic E-state index is -3.46. The van der Waals surface area contributed by atoms with Crippen LogP contribution in [0, 0.1) is 18.3 Å². The number of nitrogens with two attached hydrogens (primary N) is 1. The molecule has 19 heavy (non-hydrogen) atoms. The van der Waals surface area contributed by atoms with Crippen molar-refractivity contribution >= 4 is 15.9 Å². The van der Waals surface area contributed by atoms with Gasteiger partial charge in [-0.15, -0.1) is 0 Å². The van der Waals surface area contributed by atoms with Crippen LogP contribution in [-0.2, 0) is 10.0 Å². The Kier molecular flexibility index (Phi) is 3.91. The molecule has 0 amide bonds. The molecule has 0 spiro atoms. The number of nitrogens with zero attached hydrogens (tertiary/aromatic N) is 1. The molecular formula is C13H19N3O2S. The minimum absolute atomic E-state index is 0.0730. The van der Waals surface area contributed by atoms with Crippen molar-refractivity contribution in [2.45, 2.75) is 24.7 Å². The molecule has 1 saturated heterocycles. The molecule has 1 heterocycles. The summed E-state index contributed by atoms with van der Waals surface area (Å²) in [5.41, 5.74) is 6.52. The van der Waals surface area contributed by atoms with Crippen LogP contribution in [0.1, 0.15) is 18.4 Å². The minimum Gasteiger partial charge on any atom is -0.387 e. The van der Waals surface area contributed by atoms with Gasteiger partial charge in [0.1, 0.15) is 0 Å². The smallest absolute Gasteiger partial charge is 0.243 e. The van der Waals surface area contributed by atoms with Gasteiger partial charge >= 0.3 is 0 Å². The number of amidine groups is 1. The zero-order valence-electron chi connectivity index (χ0n) is 11.0. The summed E-state index contributed by atoms with van der Waals surface area (Å²) < 4.78 is 26.4. The number of hydrogen-bond donors (Lipinski definition) is 2. The topological polar surface area (TPSA) is 87.2 Å². The van der Waals surface area contributed by atoms with Gasteiger partial charge in [-0.3, -0.25) is 5.41 Å². The van der Waals surface area contributed by atoms with E-state index in [0.717, 1.165) is 18.4 Å². The largest absolute Gasteiger partial charge is 0.387 e. The summed E-state index contributed by atoms with van der Waals surface area (Å²) in [5, 5.41) is 7.47. The molecule has 0 bridgehead atoms. The van der Waals surface area contributed by atoms with Crippen molar-refractivity contribution in [1.82, 2.24) is 4.31 Å². The normalized spacial score (nSPS) is 21.2. The summed E-state index contributed by atoms with van der Waals surface area (Å²) in [6, 6.07) is 6.84. The molecule has 5 nitrogen and oxygen atoms in total. The second-order valence-corrected chi connectivity index (χ2v) is 6.91. The van der Waals surface area contributed by atoms with Crippen LogP contribution in [0.25, 0.3) is 0 Å². The van der Waals surface area contributed by atoms with Crippen molar-refractivity contribution in [2.24, 2.45) is 11.7 Å². The van der Waals surface area contributed by atoms with E-state index in [9.17, 15) is 8.42 Å². The number of aryl methyl sites for hydroxylation is 1. The SMILES string of the molecule is Cc1ccc(S(=O)(=O)N2CCC[C@@H](C(=N)N)C2)cc1. The van der Waals surface area contributed by atoms with Gasteiger partial charge < -0.3 is 5.73 Å². The van der Waals surface area contributed by atoms with E-state index in [2.05, 4.69) is 0 Å². The standard InChI is InChI=1S/C13H19N3O2S/c1-10-4-6-12(7-5-10)19(17,18)16-8-2-3-11(9-16)13(14)15/h4-7,11H,2-3,8-9H2,1H3,(H3,14,15)/t11-/m1/s1. The first-order chi connectivity index (χ1) is 8.91. The summed E-state index contributed by atoms with van der Waals surface area (Å²) in [4.78, 5) is 0.308. The lowest BCUT2D eigenvalue weighted by molar-refractivity contribution is 0.310. The van der Waals surface area contributed by atoms with E-state index < -0.39 is 10.0 Å². The van der Waals surface area contributed by atoms with E-state index >= 15 is 0 Å². The lowest BCUT2D eigenvalue weighted by Gasteiger charge is -2.31. The Bertz CT molecular complexity index is 566. The third-order valence-electron chi connectivity index (χ3n) is 3.48. The van der Waals surface area contributed by atoms with Crippen molar-refractivity contribution in [1.29, 1.82) is 5.41 Å². The first-order valence-electron chi connectivity index (χ1n) is 6.32. The second-order valence-electron chi connectivity index (χ2n) is 4.97. The third-order valence-corrected chi connectivity index (χ3v) is 5.36. The highest BCUT2D eigenvalue weighted by molar-refractivity contribution is 7.89. The van der Waals surface area contributed by atoms with Gasteiger partial charge in [-0.25, -0.2) is 8.42 Å². The highest BCUT2D eigenvalue weighted by Gasteiger charge is 2.31. The Morgan fingerprint density at radius 1 is 1.37 bits per heavy atom. The van der Waals surface area contributed by atoms with Gasteiger partial charge in [-0.05, 0) is 31.9 Å². The molecule has 0 aromatic heterocycles. The monoisotopic (exact) mass is 281 g/mol. The van der Waals surface area contributed by atoms with E-state index in [-0.39, 0.29) is 11.8 Å². The average Bonchev–Trinajstić information content (AvgIpc) is 2.39. The Hall–Kier alpha value is -1.40. The van der Waals surface area contributed by atoms with Crippen LogP contribution in [0.3, 0.4) is 0 Å². The molecule has 1 aliphatic rings. The number of hydrogen-bond acceptors (Lipinski definition) is 3. The van der Waals surface area contributed by atoms with Crippen molar-refractivity contribution in [2.75, 3.05) is 13.1 Å². The molecule has 0 saturated carbocycles. The number of sulfonamides is 1. The van der Waals surface area contributed by atoms with E-state index in [0.29, 0.717) is 18.0 Å². The maximum Gasteiger partial charge on any atom is 0.243 e. The van der Waals surface area contributed by atoms with Gasteiger partial charge in [0.05, 0.1) is 10.7 Å². The highest BCUT2D eigenvalue weighted by atomic mass is 32.2. The maximum absolute atomic E-state index is 12.5. The third kappa shape index (κ3) is 2.96. The fraction of sp³-hybridized carbons (Fsp3) is 0.462. The summed E-state index contributed by atoms with van der Waals surface area (Å²) in [6.07, 6.45) is 1.53. The van der Waals surface area contributed by atoms with Crippen LogP contribution < -0.4 is 5.73 Å².